The lowest BCUT2D eigenvalue weighted by Gasteiger charge is -2.22. The average Bonchev–Trinajstić information content (AvgIpc) is 3.14. The summed E-state index contributed by atoms with van der Waals surface area (Å²) in [5, 5.41) is 6.91. The molecule has 2 bridgehead atoms. The molecule has 3 rings (SSSR count). The number of nitrogens with zero attached hydrogens (tertiary/aromatic N) is 1. The fourth-order valence-electron chi connectivity index (χ4n) is 2.95. The first-order chi connectivity index (χ1) is 9.74. The molecule has 3 unspecified atom stereocenters. The van der Waals surface area contributed by atoms with E-state index < -0.39 is 0 Å². The lowest BCUT2D eigenvalue weighted by atomic mass is 9.96. The predicted octanol–water partition coefficient (Wildman–Crippen LogP) is 2.38. The summed E-state index contributed by atoms with van der Waals surface area (Å²) in [6.07, 6.45) is 5.44. The summed E-state index contributed by atoms with van der Waals surface area (Å²) in [5.74, 6) is 0.900. The van der Waals surface area contributed by atoms with Crippen molar-refractivity contribution in [1.82, 2.24) is 10.6 Å². The van der Waals surface area contributed by atoms with Crippen molar-refractivity contribution in [2.45, 2.75) is 43.9 Å². The van der Waals surface area contributed by atoms with Crippen molar-refractivity contribution in [3.05, 3.63) is 19.9 Å². The molecular weight excluding hydrogens is 385 g/mol. The molecule has 0 aliphatic carbocycles. The Kier molecular flexibility index (Phi) is 4.83. The summed E-state index contributed by atoms with van der Waals surface area (Å²) in [6, 6.07) is 4.80. The number of nitrogens with one attached hydrogen (secondary N) is 2. The monoisotopic (exact) mass is 405 g/mol. The summed E-state index contributed by atoms with van der Waals surface area (Å²) in [4.78, 5) is 5.73. The van der Waals surface area contributed by atoms with Gasteiger partial charge in [0.1, 0.15) is 0 Å². The zero-order valence-corrected chi connectivity index (χ0v) is 14.5. The fourth-order valence-corrected chi connectivity index (χ4v) is 4.71. The third kappa shape index (κ3) is 3.46. The Morgan fingerprint density at radius 3 is 3.00 bits per heavy atom. The van der Waals surface area contributed by atoms with Crippen molar-refractivity contribution in [2.24, 2.45) is 4.99 Å². The normalized spacial score (nSPS) is 28.9. The van der Waals surface area contributed by atoms with Crippen LogP contribution in [0, 0.1) is 2.88 Å². The first-order valence-corrected chi connectivity index (χ1v) is 9.01. The van der Waals surface area contributed by atoms with Crippen molar-refractivity contribution in [3.63, 3.8) is 0 Å². The highest BCUT2D eigenvalue weighted by molar-refractivity contribution is 14.1. The van der Waals surface area contributed by atoms with Crippen LogP contribution >= 0.6 is 33.9 Å². The molecule has 4 nitrogen and oxygen atoms in total. The molecule has 1 aromatic heterocycles. The average molecular weight is 405 g/mol. The summed E-state index contributed by atoms with van der Waals surface area (Å²) in [5.41, 5.74) is 0. The summed E-state index contributed by atoms with van der Waals surface area (Å²) < 4.78 is 7.21. The van der Waals surface area contributed by atoms with E-state index in [4.69, 9.17) is 4.74 Å². The number of ether oxygens (including phenoxy) is 1. The molecule has 0 spiro atoms. The van der Waals surface area contributed by atoms with Crippen LogP contribution in [-0.2, 0) is 11.2 Å². The van der Waals surface area contributed by atoms with Crippen LogP contribution in [0.15, 0.2) is 17.1 Å². The van der Waals surface area contributed by atoms with Crippen LogP contribution < -0.4 is 10.6 Å². The number of halogens is 1. The van der Waals surface area contributed by atoms with E-state index in [9.17, 15) is 0 Å². The van der Waals surface area contributed by atoms with E-state index in [1.165, 1.54) is 20.6 Å². The standard InChI is InChI=1S/C14H20IN3OS/c1-16-14(17-7-6-10-3-5-13(15)20-10)18-11-8-9-2-4-12(11)19-9/h3,5,9,11-12H,2,4,6-8H2,1H3,(H2,16,17,18). The Balaban J connectivity index is 1.43. The predicted molar refractivity (Wildman–Crippen MR) is 91.5 cm³/mol. The van der Waals surface area contributed by atoms with Crippen LogP contribution in [0.3, 0.4) is 0 Å². The lowest BCUT2D eigenvalue weighted by molar-refractivity contribution is 0.0992. The maximum Gasteiger partial charge on any atom is 0.191 e. The number of rotatable bonds is 4. The molecule has 3 atom stereocenters. The summed E-state index contributed by atoms with van der Waals surface area (Å²) in [6.45, 7) is 0.915. The van der Waals surface area contributed by atoms with Gasteiger partial charge < -0.3 is 15.4 Å². The van der Waals surface area contributed by atoms with E-state index in [2.05, 4.69) is 50.3 Å². The van der Waals surface area contributed by atoms with Crippen molar-refractivity contribution >= 4 is 39.9 Å². The van der Waals surface area contributed by atoms with E-state index in [1.807, 2.05) is 18.4 Å². The van der Waals surface area contributed by atoms with Gasteiger partial charge >= 0.3 is 0 Å². The fraction of sp³-hybridized carbons (Fsp3) is 0.643. The Hall–Kier alpha value is -0.340. The first-order valence-electron chi connectivity index (χ1n) is 7.11. The van der Waals surface area contributed by atoms with Gasteiger partial charge in [0.05, 0.1) is 21.1 Å². The number of fused-ring (bicyclic) bond motifs is 2. The molecule has 2 N–H and O–H groups in total. The first kappa shape index (κ1) is 14.6. The number of thiophene rings is 1. The molecule has 2 aliphatic rings. The highest BCUT2D eigenvalue weighted by atomic mass is 127. The van der Waals surface area contributed by atoms with Gasteiger partial charge in [-0.05, 0) is 60.4 Å². The van der Waals surface area contributed by atoms with Crippen molar-refractivity contribution < 1.29 is 4.74 Å². The zero-order valence-electron chi connectivity index (χ0n) is 11.6. The molecule has 0 saturated carbocycles. The van der Waals surface area contributed by atoms with Crippen LogP contribution in [0.1, 0.15) is 24.1 Å². The molecule has 0 aromatic carbocycles. The molecular formula is C14H20IN3OS. The Morgan fingerprint density at radius 1 is 1.50 bits per heavy atom. The number of aliphatic imine (C=N–C) groups is 1. The molecule has 3 heterocycles. The molecule has 2 fully saturated rings. The van der Waals surface area contributed by atoms with Gasteiger partial charge in [0.25, 0.3) is 0 Å². The van der Waals surface area contributed by atoms with Gasteiger partial charge in [-0.2, -0.15) is 0 Å². The van der Waals surface area contributed by atoms with Crippen molar-refractivity contribution in [1.29, 1.82) is 0 Å². The smallest absolute Gasteiger partial charge is 0.191 e. The highest BCUT2D eigenvalue weighted by Gasteiger charge is 2.41. The van der Waals surface area contributed by atoms with Gasteiger partial charge in [-0.15, -0.1) is 11.3 Å². The van der Waals surface area contributed by atoms with E-state index >= 15 is 0 Å². The molecule has 20 heavy (non-hydrogen) atoms. The maximum atomic E-state index is 5.86. The molecule has 6 heteroatoms. The molecule has 0 radical (unpaired) electrons. The Labute approximate surface area is 137 Å². The SMILES string of the molecule is CN=C(NCCc1ccc(I)s1)NC1CC2CCC1O2. The molecule has 0 amide bonds. The third-order valence-corrected chi connectivity index (χ3v) is 5.90. The van der Waals surface area contributed by atoms with E-state index in [0.717, 1.165) is 25.3 Å². The Morgan fingerprint density at radius 2 is 2.40 bits per heavy atom. The lowest BCUT2D eigenvalue weighted by Crippen LogP contribution is -2.47. The quantitative estimate of drug-likeness (QED) is 0.460. The second-order valence-electron chi connectivity index (χ2n) is 5.32. The maximum absolute atomic E-state index is 5.86. The number of hydrogen-bond acceptors (Lipinski definition) is 3. The summed E-state index contributed by atoms with van der Waals surface area (Å²) >= 11 is 4.22. The van der Waals surface area contributed by atoms with E-state index in [1.54, 1.807) is 0 Å². The third-order valence-electron chi connectivity index (χ3n) is 3.94. The van der Waals surface area contributed by atoms with Gasteiger partial charge in [-0.1, -0.05) is 0 Å². The van der Waals surface area contributed by atoms with Gasteiger partial charge in [0.15, 0.2) is 5.96 Å². The number of guanidine groups is 1. The Bertz CT molecular complexity index is 491. The number of hydrogen-bond donors (Lipinski definition) is 2. The summed E-state index contributed by atoms with van der Waals surface area (Å²) in [7, 11) is 1.83. The highest BCUT2D eigenvalue weighted by Crippen LogP contribution is 2.34. The van der Waals surface area contributed by atoms with Crippen LogP contribution in [0.2, 0.25) is 0 Å². The van der Waals surface area contributed by atoms with Crippen LogP contribution in [0.25, 0.3) is 0 Å². The van der Waals surface area contributed by atoms with Crippen molar-refractivity contribution in [2.75, 3.05) is 13.6 Å². The van der Waals surface area contributed by atoms with Gasteiger partial charge in [-0.3, -0.25) is 4.99 Å². The minimum Gasteiger partial charge on any atom is -0.373 e. The van der Waals surface area contributed by atoms with Gasteiger partial charge in [0.2, 0.25) is 0 Å². The molecule has 2 saturated heterocycles. The second-order valence-corrected chi connectivity index (χ2v) is 8.38. The topological polar surface area (TPSA) is 45.7 Å². The minimum atomic E-state index is 0.387. The zero-order chi connectivity index (χ0) is 13.9. The van der Waals surface area contributed by atoms with Gasteiger partial charge in [-0.25, -0.2) is 0 Å². The van der Waals surface area contributed by atoms with Crippen LogP contribution in [-0.4, -0.2) is 37.8 Å². The molecule has 110 valence electrons. The van der Waals surface area contributed by atoms with Crippen molar-refractivity contribution in [3.8, 4) is 0 Å². The van der Waals surface area contributed by atoms with Crippen LogP contribution in [0.5, 0.6) is 0 Å². The second kappa shape index (κ2) is 6.62. The minimum absolute atomic E-state index is 0.387. The van der Waals surface area contributed by atoms with Gasteiger partial charge in [0, 0.05) is 18.5 Å². The molecule has 2 aliphatic heterocycles. The van der Waals surface area contributed by atoms with Crippen LogP contribution in [0.4, 0.5) is 0 Å². The van der Waals surface area contributed by atoms with E-state index in [0.29, 0.717) is 18.2 Å². The largest absolute Gasteiger partial charge is 0.373 e. The molecule has 1 aromatic rings. The van der Waals surface area contributed by atoms with E-state index in [-0.39, 0.29) is 0 Å².